The molecule has 2 heterocycles. The Labute approximate surface area is 181 Å². The Morgan fingerprint density at radius 3 is 1.97 bits per heavy atom. The Balaban J connectivity index is 2.17. The fourth-order valence-corrected chi connectivity index (χ4v) is 4.47. The minimum atomic E-state index is -0.161. The van der Waals surface area contributed by atoms with Crippen molar-refractivity contribution in [1.82, 2.24) is 4.40 Å². The number of benzene rings is 2. The van der Waals surface area contributed by atoms with E-state index in [4.69, 9.17) is 0 Å². The van der Waals surface area contributed by atoms with Crippen LogP contribution in [-0.2, 0) is 10.8 Å². The van der Waals surface area contributed by atoms with E-state index in [0.29, 0.717) is 5.75 Å². The predicted molar refractivity (Wildman–Crippen MR) is 127 cm³/mol. The highest BCUT2D eigenvalue weighted by Gasteiger charge is 2.28. The van der Waals surface area contributed by atoms with Crippen LogP contribution >= 0.6 is 15.9 Å². The minimum absolute atomic E-state index is 0.161. The van der Waals surface area contributed by atoms with Gasteiger partial charge in [-0.15, -0.1) is 0 Å². The van der Waals surface area contributed by atoms with Crippen molar-refractivity contribution in [3.8, 4) is 16.9 Å². The van der Waals surface area contributed by atoms with Gasteiger partial charge in [0.15, 0.2) is 0 Å². The molecule has 0 bridgehead atoms. The first-order chi connectivity index (χ1) is 13.5. The molecule has 0 atom stereocenters. The van der Waals surface area contributed by atoms with Crippen LogP contribution in [0, 0.1) is 0 Å². The molecular weight excluding hydrogens is 422 g/mol. The maximum atomic E-state index is 11.1. The third kappa shape index (κ3) is 3.36. The summed E-state index contributed by atoms with van der Waals surface area (Å²) in [6.07, 6.45) is 2.11. The number of fused-ring (bicyclic) bond motifs is 3. The van der Waals surface area contributed by atoms with Gasteiger partial charge >= 0.3 is 0 Å². The van der Waals surface area contributed by atoms with Crippen molar-refractivity contribution in [2.45, 2.75) is 52.4 Å². The molecule has 0 amide bonds. The molecule has 1 N–H and O–H groups in total. The van der Waals surface area contributed by atoms with Crippen LogP contribution in [0.2, 0.25) is 0 Å². The van der Waals surface area contributed by atoms with Crippen molar-refractivity contribution in [2.24, 2.45) is 0 Å². The number of pyridine rings is 1. The highest BCUT2D eigenvalue weighted by atomic mass is 79.9. The van der Waals surface area contributed by atoms with Gasteiger partial charge in [0.1, 0.15) is 5.75 Å². The molecular formula is C26H28BrNO. The fraction of sp³-hybridized carbons (Fsp3) is 0.308. The first kappa shape index (κ1) is 20.0. The second-order valence-electron chi connectivity index (χ2n) is 9.91. The van der Waals surface area contributed by atoms with Gasteiger partial charge in [0.25, 0.3) is 0 Å². The summed E-state index contributed by atoms with van der Waals surface area (Å²) in [6, 6.07) is 17.1. The topological polar surface area (TPSA) is 24.6 Å². The number of rotatable bonds is 1. The first-order valence-corrected chi connectivity index (χ1v) is 10.8. The molecule has 29 heavy (non-hydrogen) atoms. The summed E-state index contributed by atoms with van der Waals surface area (Å²) in [7, 11) is 0. The van der Waals surface area contributed by atoms with E-state index in [1.165, 1.54) is 16.5 Å². The second kappa shape index (κ2) is 6.63. The predicted octanol–water partition coefficient (Wildman–Crippen LogP) is 7.82. The molecule has 0 unspecified atom stereocenters. The molecule has 0 aliphatic carbocycles. The number of nitrogens with zero attached hydrogens (tertiary/aromatic N) is 1. The monoisotopic (exact) mass is 449 g/mol. The Morgan fingerprint density at radius 1 is 0.793 bits per heavy atom. The lowest BCUT2D eigenvalue weighted by molar-refractivity contribution is 0.423. The van der Waals surface area contributed by atoms with Gasteiger partial charge in [-0.05, 0) is 46.7 Å². The van der Waals surface area contributed by atoms with Gasteiger partial charge in [-0.25, -0.2) is 0 Å². The number of aromatic nitrogens is 1. The van der Waals surface area contributed by atoms with Crippen molar-refractivity contribution in [3.05, 3.63) is 70.3 Å². The van der Waals surface area contributed by atoms with E-state index in [1.54, 1.807) is 0 Å². The maximum Gasteiger partial charge on any atom is 0.123 e. The van der Waals surface area contributed by atoms with E-state index in [2.05, 4.69) is 117 Å². The molecule has 0 aliphatic heterocycles. The van der Waals surface area contributed by atoms with Crippen LogP contribution in [0.1, 0.15) is 52.7 Å². The summed E-state index contributed by atoms with van der Waals surface area (Å²) >= 11 is 3.65. The van der Waals surface area contributed by atoms with E-state index in [1.807, 2.05) is 0 Å². The molecule has 0 saturated carbocycles. The second-order valence-corrected chi connectivity index (χ2v) is 10.8. The van der Waals surface area contributed by atoms with Crippen LogP contribution in [-0.4, -0.2) is 9.51 Å². The fourth-order valence-electron chi connectivity index (χ4n) is 4.14. The Kier molecular flexibility index (Phi) is 4.58. The Bertz CT molecular complexity index is 1200. The Hall–Kier alpha value is -2.26. The van der Waals surface area contributed by atoms with Crippen LogP contribution in [0.5, 0.6) is 5.75 Å². The maximum absolute atomic E-state index is 11.1. The van der Waals surface area contributed by atoms with E-state index in [0.717, 1.165) is 26.7 Å². The summed E-state index contributed by atoms with van der Waals surface area (Å²) in [4.78, 5) is 0. The van der Waals surface area contributed by atoms with Gasteiger partial charge in [0, 0.05) is 32.7 Å². The van der Waals surface area contributed by atoms with Crippen LogP contribution in [0.4, 0.5) is 0 Å². The van der Waals surface area contributed by atoms with Gasteiger partial charge in [-0.1, -0.05) is 75.7 Å². The van der Waals surface area contributed by atoms with E-state index in [-0.39, 0.29) is 10.8 Å². The smallest absolute Gasteiger partial charge is 0.123 e. The minimum Gasteiger partial charge on any atom is -0.507 e. The molecule has 2 nitrogen and oxygen atoms in total. The van der Waals surface area contributed by atoms with Crippen molar-refractivity contribution in [1.29, 1.82) is 0 Å². The summed E-state index contributed by atoms with van der Waals surface area (Å²) in [6.45, 7) is 12.9. The number of hydrogen-bond donors (Lipinski definition) is 1. The molecule has 4 rings (SSSR count). The number of aromatic hydroxyl groups is 1. The van der Waals surface area contributed by atoms with Crippen LogP contribution in [0.15, 0.2) is 59.2 Å². The Morgan fingerprint density at radius 2 is 1.38 bits per heavy atom. The molecule has 0 radical (unpaired) electrons. The van der Waals surface area contributed by atoms with Gasteiger partial charge in [-0.3, -0.25) is 0 Å². The van der Waals surface area contributed by atoms with Crippen LogP contribution in [0.3, 0.4) is 0 Å². The molecule has 0 saturated heterocycles. The van der Waals surface area contributed by atoms with Gasteiger partial charge in [0.05, 0.1) is 11.0 Å². The molecule has 2 aromatic carbocycles. The molecule has 3 heteroatoms. The van der Waals surface area contributed by atoms with Gasteiger partial charge < -0.3 is 9.51 Å². The average Bonchev–Trinajstić information content (AvgIpc) is 2.93. The summed E-state index contributed by atoms with van der Waals surface area (Å²) in [5.41, 5.74) is 6.35. The zero-order chi connectivity index (χ0) is 21.1. The number of hydrogen-bond acceptors (Lipinski definition) is 1. The zero-order valence-corrected chi connectivity index (χ0v) is 19.6. The van der Waals surface area contributed by atoms with Crippen molar-refractivity contribution in [2.75, 3.05) is 0 Å². The zero-order valence-electron chi connectivity index (χ0n) is 18.0. The molecule has 0 aliphatic rings. The lowest BCUT2D eigenvalue weighted by Crippen LogP contribution is -2.17. The third-order valence-corrected chi connectivity index (χ3v) is 6.11. The lowest BCUT2D eigenvalue weighted by Gasteiger charge is -2.28. The molecule has 2 aromatic heterocycles. The molecule has 0 spiro atoms. The van der Waals surface area contributed by atoms with Crippen molar-refractivity contribution in [3.63, 3.8) is 0 Å². The molecule has 150 valence electrons. The summed E-state index contributed by atoms with van der Waals surface area (Å²) in [5, 5.41) is 12.4. The average molecular weight is 450 g/mol. The number of para-hydroxylation sites is 1. The first-order valence-electron chi connectivity index (χ1n) is 10.0. The normalized spacial score (nSPS) is 12.8. The lowest BCUT2D eigenvalue weighted by atomic mass is 9.77. The van der Waals surface area contributed by atoms with E-state index in [9.17, 15) is 5.11 Å². The van der Waals surface area contributed by atoms with Gasteiger partial charge in [0.2, 0.25) is 0 Å². The summed E-state index contributed by atoms with van der Waals surface area (Å²) < 4.78 is 3.30. The van der Waals surface area contributed by atoms with Crippen molar-refractivity contribution < 1.29 is 5.11 Å². The van der Waals surface area contributed by atoms with E-state index >= 15 is 0 Å². The van der Waals surface area contributed by atoms with Gasteiger partial charge in [-0.2, -0.15) is 0 Å². The van der Waals surface area contributed by atoms with Crippen LogP contribution in [0.25, 0.3) is 27.5 Å². The quantitative estimate of drug-likeness (QED) is 0.314. The highest BCUT2D eigenvalue weighted by Crippen LogP contribution is 2.44. The number of halogens is 1. The third-order valence-electron chi connectivity index (χ3n) is 5.62. The SMILES string of the molecule is CC(C)(C)c1cc(-c2c3ccccc3n3ccc(Br)cc23)cc(C(C)(C)C)c1O. The largest absolute Gasteiger partial charge is 0.507 e. The standard InChI is InChI=1S/C26H28BrNO/c1-25(2,3)19-13-16(14-20(24(19)29)26(4,5)6)23-18-9-7-8-10-21(18)28-12-11-17(27)15-22(23)28/h7-15,29H,1-6H3. The number of phenols is 1. The van der Waals surface area contributed by atoms with E-state index < -0.39 is 0 Å². The number of phenolic OH excluding ortho intramolecular Hbond substituents is 1. The molecule has 4 aromatic rings. The highest BCUT2D eigenvalue weighted by molar-refractivity contribution is 9.10. The summed E-state index contributed by atoms with van der Waals surface area (Å²) in [5.74, 6) is 0.419. The van der Waals surface area contributed by atoms with Crippen molar-refractivity contribution >= 4 is 32.3 Å². The van der Waals surface area contributed by atoms with Crippen LogP contribution < -0.4 is 0 Å². The molecule has 0 fully saturated rings.